The van der Waals surface area contributed by atoms with Crippen molar-refractivity contribution in [2.45, 2.75) is 25.9 Å². The van der Waals surface area contributed by atoms with E-state index in [0.29, 0.717) is 19.4 Å². The summed E-state index contributed by atoms with van der Waals surface area (Å²) in [6, 6.07) is 18.2. The molecule has 0 unspecified atom stereocenters. The fourth-order valence-corrected chi connectivity index (χ4v) is 3.86. The number of hydrogen-bond donors (Lipinski definition) is 1. The molecule has 0 radical (unpaired) electrons. The normalized spacial score (nSPS) is 11.0. The van der Waals surface area contributed by atoms with Crippen LogP contribution in [0, 0.1) is 0 Å². The minimum absolute atomic E-state index is 0.0325. The summed E-state index contributed by atoms with van der Waals surface area (Å²) in [6.07, 6.45) is 4.88. The summed E-state index contributed by atoms with van der Waals surface area (Å²) in [5.41, 5.74) is 3.20. The van der Waals surface area contributed by atoms with Crippen molar-refractivity contribution < 1.29 is 4.79 Å². The van der Waals surface area contributed by atoms with E-state index >= 15 is 0 Å². The maximum absolute atomic E-state index is 12.1. The zero-order valence-electron chi connectivity index (χ0n) is 14.8. The van der Waals surface area contributed by atoms with Gasteiger partial charge in [0.25, 0.3) is 0 Å². The summed E-state index contributed by atoms with van der Waals surface area (Å²) in [5.74, 6) is 0.0325. The SMILES string of the molecule is O=C(CCc1nc2ccccc2s1)NCc1cnn(Cc2ccccc2)c1. The fraction of sp³-hybridized carbons (Fsp3) is 0.190. The Hall–Kier alpha value is -2.99. The number of aromatic nitrogens is 3. The first-order valence-electron chi connectivity index (χ1n) is 8.93. The number of thiazole rings is 1. The zero-order chi connectivity index (χ0) is 18.5. The molecule has 27 heavy (non-hydrogen) atoms. The molecule has 0 aliphatic carbocycles. The first kappa shape index (κ1) is 17.4. The highest BCUT2D eigenvalue weighted by Gasteiger charge is 2.07. The van der Waals surface area contributed by atoms with Gasteiger partial charge in [0, 0.05) is 31.1 Å². The van der Waals surface area contributed by atoms with Crippen LogP contribution in [0.1, 0.15) is 22.6 Å². The molecule has 2 aromatic carbocycles. The Morgan fingerprint density at radius 3 is 2.70 bits per heavy atom. The summed E-state index contributed by atoms with van der Waals surface area (Å²) in [4.78, 5) is 16.7. The van der Waals surface area contributed by atoms with Crippen molar-refractivity contribution in [3.63, 3.8) is 0 Å². The molecule has 0 saturated carbocycles. The number of carbonyl (C=O) groups is 1. The molecule has 1 N–H and O–H groups in total. The third-order valence-corrected chi connectivity index (χ3v) is 5.36. The number of fused-ring (bicyclic) bond motifs is 1. The predicted molar refractivity (Wildman–Crippen MR) is 108 cm³/mol. The van der Waals surface area contributed by atoms with Gasteiger partial charge in [-0.15, -0.1) is 11.3 Å². The van der Waals surface area contributed by atoms with Crippen LogP contribution in [-0.2, 0) is 24.3 Å². The number of rotatable bonds is 7. The van der Waals surface area contributed by atoms with E-state index in [2.05, 4.69) is 33.6 Å². The van der Waals surface area contributed by atoms with Crippen molar-refractivity contribution in [3.05, 3.63) is 83.1 Å². The summed E-state index contributed by atoms with van der Waals surface area (Å²) in [7, 11) is 0. The van der Waals surface area contributed by atoms with Gasteiger partial charge in [-0.1, -0.05) is 42.5 Å². The smallest absolute Gasteiger partial charge is 0.220 e. The maximum atomic E-state index is 12.1. The van der Waals surface area contributed by atoms with Crippen LogP contribution in [0.25, 0.3) is 10.2 Å². The first-order chi connectivity index (χ1) is 13.3. The minimum Gasteiger partial charge on any atom is -0.352 e. The van der Waals surface area contributed by atoms with Gasteiger partial charge < -0.3 is 5.32 Å². The molecule has 6 heteroatoms. The monoisotopic (exact) mass is 376 g/mol. The molecule has 0 atom stereocenters. The van der Waals surface area contributed by atoms with Gasteiger partial charge in [-0.05, 0) is 17.7 Å². The van der Waals surface area contributed by atoms with Gasteiger partial charge in [0.15, 0.2) is 0 Å². The lowest BCUT2D eigenvalue weighted by atomic mass is 10.2. The number of nitrogens with one attached hydrogen (secondary N) is 1. The number of aryl methyl sites for hydroxylation is 1. The molecule has 0 aliphatic rings. The minimum atomic E-state index is 0.0325. The van der Waals surface area contributed by atoms with E-state index in [9.17, 15) is 4.79 Å². The third-order valence-electron chi connectivity index (χ3n) is 4.27. The van der Waals surface area contributed by atoms with Crippen LogP contribution in [0.15, 0.2) is 67.0 Å². The number of benzene rings is 2. The molecule has 0 bridgehead atoms. The highest BCUT2D eigenvalue weighted by molar-refractivity contribution is 7.18. The lowest BCUT2D eigenvalue weighted by Gasteiger charge is -2.03. The highest BCUT2D eigenvalue weighted by atomic mass is 32.1. The summed E-state index contributed by atoms with van der Waals surface area (Å²) in [5, 5.41) is 8.33. The van der Waals surface area contributed by atoms with Crippen molar-refractivity contribution in [3.8, 4) is 0 Å². The van der Waals surface area contributed by atoms with Crippen molar-refractivity contribution in [2.75, 3.05) is 0 Å². The molecule has 136 valence electrons. The van der Waals surface area contributed by atoms with Crippen LogP contribution < -0.4 is 5.32 Å². The molecule has 0 spiro atoms. The van der Waals surface area contributed by atoms with E-state index < -0.39 is 0 Å². The van der Waals surface area contributed by atoms with Gasteiger partial charge in [0.2, 0.25) is 5.91 Å². The zero-order valence-corrected chi connectivity index (χ0v) is 15.7. The average molecular weight is 376 g/mol. The van der Waals surface area contributed by atoms with Gasteiger partial charge in [-0.2, -0.15) is 5.10 Å². The second-order valence-electron chi connectivity index (χ2n) is 6.38. The quantitative estimate of drug-likeness (QED) is 0.534. The Labute approximate surface area is 161 Å². The Morgan fingerprint density at radius 2 is 1.85 bits per heavy atom. The lowest BCUT2D eigenvalue weighted by Crippen LogP contribution is -2.22. The second kappa shape index (κ2) is 8.14. The third kappa shape index (κ3) is 4.60. The largest absolute Gasteiger partial charge is 0.352 e. The number of hydrogen-bond acceptors (Lipinski definition) is 4. The van der Waals surface area contributed by atoms with Crippen LogP contribution >= 0.6 is 11.3 Å². The molecule has 1 amide bonds. The Morgan fingerprint density at radius 1 is 1.04 bits per heavy atom. The first-order valence-corrected chi connectivity index (χ1v) is 9.74. The lowest BCUT2D eigenvalue weighted by molar-refractivity contribution is -0.121. The fourth-order valence-electron chi connectivity index (χ4n) is 2.89. The molecule has 0 aliphatic heterocycles. The van der Waals surface area contributed by atoms with Gasteiger partial charge in [0.1, 0.15) is 0 Å². The van der Waals surface area contributed by atoms with Gasteiger partial charge in [0.05, 0.1) is 28.0 Å². The number of para-hydroxylation sites is 1. The Balaban J connectivity index is 1.25. The standard InChI is InChI=1S/C21H20N4OS/c26-20(10-11-21-24-18-8-4-5-9-19(18)27-21)22-12-17-13-23-25(15-17)14-16-6-2-1-3-7-16/h1-9,13,15H,10-12,14H2,(H,22,26). The Bertz CT molecular complexity index is 1010. The van der Waals surface area contributed by atoms with Crippen LogP contribution in [-0.4, -0.2) is 20.7 Å². The molecule has 0 saturated heterocycles. The second-order valence-corrected chi connectivity index (χ2v) is 7.50. The maximum Gasteiger partial charge on any atom is 0.220 e. The molecular formula is C21H20N4OS. The molecular weight excluding hydrogens is 356 g/mol. The molecule has 2 heterocycles. The molecule has 4 aromatic rings. The van der Waals surface area contributed by atoms with E-state index in [4.69, 9.17) is 0 Å². The topological polar surface area (TPSA) is 59.8 Å². The number of amides is 1. The van der Waals surface area contributed by atoms with Gasteiger partial charge in [-0.3, -0.25) is 9.48 Å². The van der Waals surface area contributed by atoms with E-state index in [0.717, 1.165) is 22.6 Å². The molecule has 0 fully saturated rings. The molecule has 5 nitrogen and oxygen atoms in total. The van der Waals surface area contributed by atoms with E-state index in [1.165, 1.54) is 10.3 Å². The van der Waals surface area contributed by atoms with Gasteiger partial charge in [-0.25, -0.2) is 4.98 Å². The Kier molecular flexibility index (Phi) is 5.25. The van der Waals surface area contributed by atoms with Crippen LogP contribution in [0.5, 0.6) is 0 Å². The van der Waals surface area contributed by atoms with E-state index in [-0.39, 0.29) is 5.91 Å². The van der Waals surface area contributed by atoms with Crippen LogP contribution in [0.4, 0.5) is 0 Å². The molecule has 2 aromatic heterocycles. The molecule has 4 rings (SSSR count). The van der Waals surface area contributed by atoms with Gasteiger partial charge >= 0.3 is 0 Å². The highest BCUT2D eigenvalue weighted by Crippen LogP contribution is 2.22. The van der Waals surface area contributed by atoms with Crippen molar-refractivity contribution in [1.82, 2.24) is 20.1 Å². The summed E-state index contributed by atoms with van der Waals surface area (Å²) < 4.78 is 3.05. The van der Waals surface area contributed by atoms with E-state index in [1.807, 2.05) is 47.3 Å². The predicted octanol–water partition coefficient (Wildman–Crippen LogP) is 3.79. The van der Waals surface area contributed by atoms with Crippen molar-refractivity contribution in [1.29, 1.82) is 0 Å². The van der Waals surface area contributed by atoms with Crippen molar-refractivity contribution >= 4 is 27.5 Å². The van der Waals surface area contributed by atoms with Crippen LogP contribution in [0.2, 0.25) is 0 Å². The number of nitrogens with zero attached hydrogens (tertiary/aromatic N) is 3. The van der Waals surface area contributed by atoms with Crippen LogP contribution in [0.3, 0.4) is 0 Å². The van der Waals surface area contributed by atoms with E-state index in [1.54, 1.807) is 17.5 Å². The summed E-state index contributed by atoms with van der Waals surface area (Å²) in [6.45, 7) is 1.22. The average Bonchev–Trinajstić information content (AvgIpc) is 3.32. The van der Waals surface area contributed by atoms with Crippen molar-refractivity contribution in [2.24, 2.45) is 0 Å². The summed E-state index contributed by atoms with van der Waals surface area (Å²) >= 11 is 1.65. The number of carbonyl (C=O) groups excluding carboxylic acids is 1.